The highest BCUT2D eigenvalue weighted by Crippen LogP contribution is 2.64. The fourth-order valence-corrected chi connectivity index (χ4v) is 8.37. The van der Waals surface area contributed by atoms with Crippen LogP contribution in [0.3, 0.4) is 0 Å². The Kier molecular flexibility index (Phi) is 4.27. The summed E-state index contributed by atoms with van der Waals surface area (Å²) in [5, 5.41) is 0. The normalized spacial score (nSPS) is 38.2. The van der Waals surface area contributed by atoms with E-state index in [2.05, 4.69) is 20.8 Å². The molecule has 4 heteroatoms. The first-order valence-corrected chi connectivity index (χ1v) is 11.3. The molecular weight excluding hydrogens is 402 g/mol. The van der Waals surface area contributed by atoms with Gasteiger partial charge in [0, 0.05) is 28.9 Å². The van der Waals surface area contributed by atoms with Crippen LogP contribution in [-0.4, -0.2) is 34.0 Å². The number of nitrogens with zero attached hydrogens (tertiary/aromatic N) is 1. The summed E-state index contributed by atoms with van der Waals surface area (Å²) < 4.78 is 0.217. The number of hydrogen-bond donors (Lipinski definition) is 0. The molecule has 0 N–H and O–H groups in total. The topological polar surface area (TPSA) is 37.4 Å². The van der Waals surface area contributed by atoms with Crippen LogP contribution >= 0.6 is 15.9 Å². The first-order chi connectivity index (χ1) is 13.0. The van der Waals surface area contributed by atoms with Crippen LogP contribution in [-0.2, 0) is 4.79 Å². The molecular formula is C23H28BrNO2. The standard InChI is InChI=1S/C23H28BrNO2/c24-23-13-16-10-17(14-23)12-22(11-16,15-23)21(27)25-8-6-19(7-9-25)20(26)18-4-2-1-3-5-18/h1-5,16-17,19H,6-15H2. The summed E-state index contributed by atoms with van der Waals surface area (Å²) in [5.41, 5.74) is 0.689. The molecule has 5 aliphatic rings. The van der Waals surface area contributed by atoms with E-state index in [1.807, 2.05) is 30.3 Å². The van der Waals surface area contributed by atoms with Gasteiger partial charge < -0.3 is 4.90 Å². The summed E-state index contributed by atoms with van der Waals surface area (Å²) >= 11 is 4.02. The van der Waals surface area contributed by atoms with Gasteiger partial charge >= 0.3 is 0 Å². The maximum atomic E-state index is 13.6. The molecule has 1 saturated heterocycles. The van der Waals surface area contributed by atoms with Gasteiger partial charge in [-0.3, -0.25) is 9.59 Å². The summed E-state index contributed by atoms with van der Waals surface area (Å²) in [7, 11) is 0. The highest BCUT2D eigenvalue weighted by molar-refractivity contribution is 9.10. The van der Waals surface area contributed by atoms with E-state index in [4.69, 9.17) is 0 Å². The van der Waals surface area contributed by atoms with Crippen molar-refractivity contribution >= 4 is 27.6 Å². The summed E-state index contributed by atoms with van der Waals surface area (Å²) in [5.74, 6) is 2.16. The molecule has 4 aliphatic carbocycles. The van der Waals surface area contributed by atoms with Crippen molar-refractivity contribution in [2.24, 2.45) is 23.2 Å². The molecule has 1 aromatic rings. The van der Waals surface area contributed by atoms with Crippen LogP contribution < -0.4 is 0 Å². The lowest BCUT2D eigenvalue weighted by Crippen LogP contribution is -2.59. The SMILES string of the molecule is O=C(c1ccccc1)C1CCN(C(=O)C23CC4CC(CC(Br)(C4)C2)C3)CC1. The highest BCUT2D eigenvalue weighted by atomic mass is 79.9. The van der Waals surface area contributed by atoms with Crippen LogP contribution in [0, 0.1) is 23.2 Å². The van der Waals surface area contributed by atoms with Crippen LogP contribution in [0.25, 0.3) is 0 Å². The van der Waals surface area contributed by atoms with Crippen LogP contribution in [0.2, 0.25) is 0 Å². The molecule has 1 aromatic carbocycles. The number of amides is 1. The molecule has 1 amide bonds. The minimum Gasteiger partial charge on any atom is -0.342 e. The third kappa shape index (κ3) is 3.08. The third-order valence-corrected chi connectivity index (χ3v) is 8.58. The van der Waals surface area contributed by atoms with Crippen molar-refractivity contribution in [1.82, 2.24) is 4.90 Å². The predicted molar refractivity (Wildman–Crippen MR) is 109 cm³/mol. The van der Waals surface area contributed by atoms with Gasteiger partial charge in [-0.2, -0.15) is 0 Å². The Morgan fingerprint density at radius 1 is 0.963 bits per heavy atom. The Morgan fingerprint density at radius 3 is 2.19 bits per heavy atom. The van der Waals surface area contributed by atoms with Crippen molar-refractivity contribution < 1.29 is 9.59 Å². The molecule has 5 fully saturated rings. The average Bonchev–Trinajstić information content (AvgIpc) is 2.66. The summed E-state index contributed by atoms with van der Waals surface area (Å²) in [6.45, 7) is 1.49. The van der Waals surface area contributed by atoms with Gasteiger partial charge in [0.25, 0.3) is 0 Å². The van der Waals surface area contributed by atoms with Crippen LogP contribution in [0.15, 0.2) is 30.3 Å². The molecule has 0 radical (unpaired) electrons. The minimum atomic E-state index is -0.121. The molecule has 0 spiro atoms. The first-order valence-electron chi connectivity index (χ1n) is 10.5. The number of rotatable bonds is 3. The second-order valence-electron chi connectivity index (χ2n) is 9.69. The average molecular weight is 430 g/mol. The molecule has 4 saturated carbocycles. The van der Waals surface area contributed by atoms with Gasteiger partial charge in [0.2, 0.25) is 5.91 Å². The molecule has 1 heterocycles. The van der Waals surface area contributed by atoms with E-state index in [0.717, 1.165) is 62.6 Å². The fraction of sp³-hybridized carbons (Fsp3) is 0.652. The summed E-state index contributed by atoms with van der Waals surface area (Å²) in [6, 6.07) is 9.61. The number of carbonyl (C=O) groups is 2. The Bertz CT molecular complexity index is 739. The number of Topliss-reactive ketones (excluding diaryl/α,β-unsaturated/α-hetero) is 1. The molecule has 0 aromatic heterocycles. The number of halogens is 1. The predicted octanol–water partition coefficient (Wildman–Crippen LogP) is 4.84. The lowest BCUT2D eigenvalue weighted by molar-refractivity contribution is -0.156. The number of likely N-dealkylation sites (tertiary alicyclic amines) is 1. The molecule has 3 nitrogen and oxygen atoms in total. The van der Waals surface area contributed by atoms with Crippen molar-refractivity contribution in [1.29, 1.82) is 0 Å². The van der Waals surface area contributed by atoms with E-state index in [9.17, 15) is 9.59 Å². The number of benzene rings is 1. The Labute approximate surface area is 170 Å². The second kappa shape index (κ2) is 6.43. The molecule has 1 aliphatic heterocycles. The van der Waals surface area contributed by atoms with Crippen molar-refractivity contribution in [2.75, 3.05) is 13.1 Å². The van der Waals surface area contributed by atoms with Gasteiger partial charge in [-0.25, -0.2) is 0 Å². The number of carbonyl (C=O) groups excluding carboxylic acids is 2. The lowest BCUT2D eigenvalue weighted by atomic mass is 9.49. The molecule has 27 heavy (non-hydrogen) atoms. The highest BCUT2D eigenvalue weighted by Gasteiger charge is 2.60. The van der Waals surface area contributed by atoms with Crippen molar-refractivity contribution in [3.8, 4) is 0 Å². The maximum Gasteiger partial charge on any atom is 0.228 e. The quantitative estimate of drug-likeness (QED) is 0.508. The smallest absolute Gasteiger partial charge is 0.228 e. The van der Waals surface area contributed by atoms with E-state index in [1.165, 1.54) is 19.3 Å². The molecule has 2 unspecified atom stereocenters. The largest absolute Gasteiger partial charge is 0.342 e. The van der Waals surface area contributed by atoms with Gasteiger partial charge in [0.05, 0.1) is 5.41 Å². The van der Waals surface area contributed by atoms with Gasteiger partial charge in [-0.15, -0.1) is 0 Å². The van der Waals surface area contributed by atoms with Crippen molar-refractivity contribution in [2.45, 2.75) is 55.7 Å². The van der Waals surface area contributed by atoms with Crippen LogP contribution in [0.4, 0.5) is 0 Å². The molecule has 2 atom stereocenters. The van der Waals surface area contributed by atoms with Gasteiger partial charge in [-0.1, -0.05) is 46.3 Å². The number of alkyl halides is 1. The van der Waals surface area contributed by atoms with Gasteiger partial charge in [0.15, 0.2) is 5.78 Å². The number of hydrogen-bond acceptors (Lipinski definition) is 2. The summed E-state index contributed by atoms with van der Waals surface area (Å²) in [4.78, 5) is 28.4. The van der Waals surface area contributed by atoms with E-state index < -0.39 is 0 Å². The monoisotopic (exact) mass is 429 g/mol. The van der Waals surface area contributed by atoms with Gasteiger partial charge in [0.1, 0.15) is 0 Å². The zero-order valence-corrected chi connectivity index (χ0v) is 17.4. The Morgan fingerprint density at radius 2 is 1.59 bits per heavy atom. The first kappa shape index (κ1) is 17.9. The van der Waals surface area contributed by atoms with E-state index in [0.29, 0.717) is 5.91 Å². The fourth-order valence-electron chi connectivity index (χ4n) is 6.92. The zero-order chi connectivity index (χ0) is 18.6. The van der Waals surface area contributed by atoms with Crippen molar-refractivity contribution in [3.63, 3.8) is 0 Å². The molecule has 6 rings (SSSR count). The van der Waals surface area contributed by atoms with Gasteiger partial charge in [-0.05, 0) is 63.2 Å². The zero-order valence-electron chi connectivity index (χ0n) is 15.8. The Hall–Kier alpha value is -1.16. The number of ketones is 1. The summed E-state index contributed by atoms with van der Waals surface area (Å²) in [6.07, 6.45) is 8.67. The minimum absolute atomic E-state index is 0.0651. The second-order valence-corrected chi connectivity index (χ2v) is 11.4. The molecule has 4 bridgehead atoms. The maximum absolute atomic E-state index is 13.6. The van der Waals surface area contributed by atoms with E-state index in [-0.39, 0.29) is 21.4 Å². The van der Waals surface area contributed by atoms with Crippen molar-refractivity contribution in [3.05, 3.63) is 35.9 Å². The lowest BCUT2D eigenvalue weighted by Gasteiger charge is -2.60. The third-order valence-electron chi connectivity index (χ3n) is 7.65. The van der Waals surface area contributed by atoms with Crippen LogP contribution in [0.5, 0.6) is 0 Å². The Balaban J connectivity index is 1.26. The van der Waals surface area contributed by atoms with Crippen LogP contribution in [0.1, 0.15) is 61.7 Å². The van der Waals surface area contributed by atoms with E-state index in [1.54, 1.807) is 0 Å². The molecule has 144 valence electrons. The number of piperidine rings is 1. The van der Waals surface area contributed by atoms with E-state index >= 15 is 0 Å².